The smallest absolute Gasteiger partial charge is 0.251 e. The maximum atomic E-state index is 12.0. The van der Waals surface area contributed by atoms with E-state index in [-0.39, 0.29) is 5.91 Å². The molecule has 1 saturated heterocycles. The average Bonchev–Trinajstić information content (AvgIpc) is 3.90. The molecule has 1 amide bonds. The van der Waals surface area contributed by atoms with Gasteiger partial charge in [-0.1, -0.05) is 24.0 Å². The molecule has 1 aromatic heterocycles. The summed E-state index contributed by atoms with van der Waals surface area (Å²) in [5.74, 6) is 8.16. The van der Waals surface area contributed by atoms with Crippen molar-refractivity contribution in [2.24, 2.45) is 5.92 Å². The first-order valence-electron chi connectivity index (χ1n) is 14.3. The molecule has 0 atom stereocenters. The number of piperidine rings is 1. The van der Waals surface area contributed by atoms with Crippen LogP contribution >= 0.6 is 11.3 Å². The number of thiophene rings is 1. The molecule has 2 heterocycles. The number of hydrogen-bond acceptors (Lipinski definition) is 6. The zero-order chi connectivity index (χ0) is 26.8. The Morgan fingerprint density at radius 3 is 2.62 bits per heavy atom. The minimum atomic E-state index is -0.134. The SMILES string of the molecule is CNC(=O)c1ccc(NCC#Cc2sc3c(NC4CCN(C5CC5)CC4)cccc3c2CC2CC2)c(OC)c1. The van der Waals surface area contributed by atoms with Gasteiger partial charge in [-0.05, 0) is 86.1 Å². The Bertz CT molecular complexity index is 1400. The minimum Gasteiger partial charge on any atom is -0.495 e. The second kappa shape index (κ2) is 11.5. The molecule has 2 aliphatic carbocycles. The van der Waals surface area contributed by atoms with Crippen LogP contribution in [-0.2, 0) is 6.42 Å². The molecule has 2 saturated carbocycles. The number of nitrogens with zero attached hydrogens (tertiary/aromatic N) is 1. The first kappa shape index (κ1) is 26.0. The number of rotatable bonds is 9. The number of amides is 1. The standard InChI is InChI=1S/C32H38N4O2S/c1-33-32(37)22-10-13-27(29(20-22)38-2)34-16-4-7-30-26(19-21-8-9-21)25-5-3-6-28(31(25)39-30)35-23-14-17-36(18-15-23)24-11-12-24/h3,5-6,10,13,20-21,23-24,34-35H,8-9,11-12,14-19H2,1-2H3,(H,33,37). The molecular weight excluding hydrogens is 504 g/mol. The van der Waals surface area contributed by atoms with Crippen LogP contribution in [0.2, 0.25) is 0 Å². The molecule has 0 unspecified atom stereocenters. The molecular formula is C32H38N4O2S. The first-order chi connectivity index (χ1) is 19.1. The lowest BCUT2D eigenvalue weighted by molar-refractivity contribution is 0.0963. The fraction of sp³-hybridized carbons (Fsp3) is 0.469. The van der Waals surface area contributed by atoms with Gasteiger partial charge in [0.15, 0.2) is 0 Å². The van der Waals surface area contributed by atoms with Crippen molar-refractivity contribution in [2.45, 2.75) is 57.0 Å². The molecule has 3 fully saturated rings. The highest BCUT2D eigenvalue weighted by molar-refractivity contribution is 7.20. The number of methoxy groups -OCH3 is 1. The van der Waals surface area contributed by atoms with Crippen LogP contribution in [0.4, 0.5) is 11.4 Å². The molecule has 1 aliphatic heterocycles. The van der Waals surface area contributed by atoms with Crippen molar-refractivity contribution in [2.75, 3.05) is 44.4 Å². The molecule has 0 bridgehead atoms. The van der Waals surface area contributed by atoms with E-state index in [1.807, 2.05) is 17.4 Å². The summed E-state index contributed by atoms with van der Waals surface area (Å²) >= 11 is 1.84. The Morgan fingerprint density at radius 1 is 1.08 bits per heavy atom. The quantitative estimate of drug-likeness (QED) is 0.302. The number of hydrogen-bond donors (Lipinski definition) is 3. The third-order valence-corrected chi connectivity index (χ3v) is 9.42. The van der Waals surface area contributed by atoms with E-state index in [4.69, 9.17) is 4.74 Å². The van der Waals surface area contributed by atoms with Crippen molar-refractivity contribution in [1.82, 2.24) is 10.2 Å². The van der Waals surface area contributed by atoms with Gasteiger partial charge < -0.3 is 25.6 Å². The van der Waals surface area contributed by atoms with Gasteiger partial charge >= 0.3 is 0 Å². The largest absolute Gasteiger partial charge is 0.495 e. The zero-order valence-electron chi connectivity index (χ0n) is 22.9. The van der Waals surface area contributed by atoms with E-state index in [0.717, 1.165) is 24.1 Å². The molecule has 204 valence electrons. The van der Waals surface area contributed by atoms with Gasteiger partial charge in [0.1, 0.15) is 5.75 Å². The highest BCUT2D eigenvalue weighted by Gasteiger charge is 2.32. The summed E-state index contributed by atoms with van der Waals surface area (Å²) in [6, 6.07) is 13.6. The lowest BCUT2D eigenvalue weighted by atomic mass is 10.0. The van der Waals surface area contributed by atoms with Crippen LogP contribution < -0.4 is 20.7 Å². The number of benzene rings is 2. The highest BCUT2D eigenvalue weighted by atomic mass is 32.1. The molecule has 0 spiro atoms. The summed E-state index contributed by atoms with van der Waals surface area (Å²) in [4.78, 5) is 15.8. The number of carbonyl (C=O) groups is 1. The van der Waals surface area contributed by atoms with Crippen LogP contribution in [-0.4, -0.2) is 56.7 Å². The van der Waals surface area contributed by atoms with Gasteiger partial charge in [-0.25, -0.2) is 0 Å². The van der Waals surface area contributed by atoms with E-state index in [2.05, 4.69) is 50.9 Å². The summed E-state index contributed by atoms with van der Waals surface area (Å²) < 4.78 is 6.85. The van der Waals surface area contributed by atoms with Gasteiger partial charge in [-0.2, -0.15) is 0 Å². The highest BCUT2D eigenvalue weighted by Crippen LogP contribution is 2.42. The first-order valence-corrected chi connectivity index (χ1v) is 15.1. The number of anilines is 2. The van der Waals surface area contributed by atoms with Gasteiger partial charge in [0.05, 0.1) is 34.6 Å². The Morgan fingerprint density at radius 2 is 1.90 bits per heavy atom. The van der Waals surface area contributed by atoms with E-state index >= 15 is 0 Å². The Balaban J connectivity index is 1.18. The number of carbonyl (C=O) groups excluding carboxylic acids is 1. The Kier molecular flexibility index (Phi) is 7.67. The maximum absolute atomic E-state index is 12.0. The van der Waals surface area contributed by atoms with Gasteiger partial charge in [0, 0.05) is 37.8 Å². The molecule has 7 heteroatoms. The number of ether oxygens (including phenoxy) is 1. The van der Waals surface area contributed by atoms with E-state index in [0.29, 0.717) is 23.9 Å². The summed E-state index contributed by atoms with van der Waals surface area (Å²) in [7, 11) is 3.24. The van der Waals surface area contributed by atoms with Gasteiger partial charge in [-0.15, -0.1) is 11.3 Å². The van der Waals surface area contributed by atoms with Crippen LogP contribution in [0.1, 0.15) is 59.3 Å². The number of likely N-dealkylation sites (tertiary alicyclic amines) is 1. The van der Waals surface area contributed by atoms with E-state index in [9.17, 15) is 4.79 Å². The van der Waals surface area contributed by atoms with Gasteiger partial charge in [-0.3, -0.25) is 4.79 Å². The summed E-state index contributed by atoms with van der Waals surface area (Å²) in [5, 5.41) is 11.3. The topological polar surface area (TPSA) is 65.6 Å². The summed E-state index contributed by atoms with van der Waals surface area (Å²) in [6.45, 7) is 2.94. The lowest BCUT2D eigenvalue weighted by Gasteiger charge is -2.33. The van der Waals surface area contributed by atoms with Crippen molar-refractivity contribution in [3.63, 3.8) is 0 Å². The van der Waals surface area contributed by atoms with Crippen LogP contribution in [0.25, 0.3) is 10.1 Å². The molecule has 2 aromatic carbocycles. The molecule has 6 rings (SSSR count). The molecule has 3 aromatic rings. The van der Waals surface area contributed by atoms with Crippen LogP contribution in [0.5, 0.6) is 5.75 Å². The second-order valence-corrected chi connectivity index (χ2v) is 12.1. The second-order valence-electron chi connectivity index (χ2n) is 11.1. The fourth-order valence-electron chi connectivity index (χ4n) is 5.65. The summed E-state index contributed by atoms with van der Waals surface area (Å²) in [6.07, 6.45) is 9.01. The summed E-state index contributed by atoms with van der Waals surface area (Å²) in [5.41, 5.74) is 4.09. The fourth-order valence-corrected chi connectivity index (χ4v) is 6.84. The predicted molar refractivity (Wildman–Crippen MR) is 161 cm³/mol. The van der Waals surface area contributed by atoms with Gasteiger partial charge in [0.2, 0.25) is 0 Å². The molecule has 0 radical (unpaired) electrons. The monoisotopic (exact) mass is 542 g/mol. The number of nitrogens with one attached hydrogen (secondary N) is 3. The molecule has 3 aliphatic rings. The van der Waals surface area contributed by atoms with Crippen molar-refractivity contribution in [1.29, 1.82) is 0 Å². The van der Waals surface area contributed by atoms with Crippen molar-refractivity contribution in [3.8, 4) is 17.6 Å². The van der Waals surface area contributed by atoms with Gasteiger partial charge in [0.25, 0.3) is 5.91 Å². The Hall–Kier alpha value is -3.21. The predicted octanol–water partition coefficient (Wildman–Crippen LogP) is 5.72. The lowest BCUT2D eigenvalue weighted by Crippen LogP contribution is -2.40. The van der Waals surface area contributed by atoms with Crippen molar-refractivity contribution in [3.05, 3.63) is 52.4 Å². The van der Waals surface area contributed by atoms with E-state index in [1.165, 1.54) is 77.8 Å². The minimum absolute atomic E-state index is 0.134. The van der Waals surface area contributed by atoms with Crippen molar-refractivity contribution < 1.29 is 9.53 Å². The van der Waals surface area contributed by atoms with Crippen LogP contribution in [0, 0.1) is 17.8 Å². The Labute approximate surface area is 235 Å². The van der Waals surface area contributed by atoms with Crippen LogP contribution in [0.3, 0.4) is 0 Å². The third-order valence-electron chi connectivity index (χ3n) is 8.22. The van der Waals surface area contributed by atoms with Crippen LogP contribution in [0.15, 0.2) is 36.4 Å². The van der Waals surface area contributed by atoms with Crippen molar-refractivity contribution >= 4 is 38.7 Å². The zero-order valence-corrected chi connectivity index (χ0v) is 23.8. The van der Waals surface area contributed by atoms with E-state index < -0.39 is 0 Å². The third kappa shape index (κ3) is 6.03. The van der Waals surface area contributed by atoms with E-state index in [1.54, 1.807) is 26.3 Å². The average molecular weight is 543 g/mol. The molecule has 3 N–H and O–H groups in total. The maximum Gasteiger partial charge on any atom is 0.251 e. The molecule has 6 nitrogen and oxygen atoms in total. The normalized spacial score (nSPS) is 17.9. The molecule has 39 heavy (non-hydrogen) atoms. The number of fused-ring (bicyclic) bond motifs is 1.